The highest BCUT2D eigenvalue weighted by molar-refractivity contribution is 5.78. The Morgan fingerprint density at radius 2 is 1.83 bits per heavy atom. The number of hydrogen-bond acceptors (Lipinski definition) is 3. The summed E-state index contributed by atoms with van der Waals surface area (Å²) in [6.07, 6.45) is 7.55. The predicted octanol–water partition coefficient (Wildman–Crippen LogP) is 2.36. The number of carbonyl (C=O) groups is 1. The van der Waals surface area contributed by atoms with Gasteiger partial charge >= 0.3 is 0 Å². The normalized spacial score (nSPS) is 21.1. The maximum Gasteiger partial charge on any atom is 0.236 e. The van der Waals surface area contributed by atoms with Gasteiger partial charge in [-0.3, -0.25) is 4.79 Å². The lowest BCUT2D eigenvalue weighted by Crippen LogP contribution is -2.51. The van der Waals surface area contributed by atoms with Crippen molar-refractivity contribution in [1.29, 1.82) is 0 Å². The highest BCUT2D eigenvalue weighted by atomic mass is 16.3. The predicted molar refractivity (Wildman–Crippen MR) is 95.7 cm³/mol. The van der Waals surface area contributed by atoms with Gasteiger partial charge in [-0.1, -0.05) is 43.2 Å². The summed E-state index contributed by atoms with van der Waals surface area (Å²) in [5.74, 6) is 0.871. The lowest BCUT2D eigenvalue weighted by Gasteiger charge is -2.34. The molecule has 0 aromatic heterocycles. The van der Waals surface area contributed by atoms with Gasteiger partial charge in [0, 0.05) is 18.6 Å². The minimum Gasteiger partial charge on any atom is -0.394 e. The van der Waals surface area contributed by atoms with Crippen LogP contribution >= 0.6 is 0 Å². The molecule has 1 aromatic rings. The molecule has 0 atom stereocenters. The molecule has 1 aliphatic carbocycles. The van der Waals surface area contributed by atoms with Gasteiger partial charge in [0.1, 0.15) is 0 Å². The number of hydrogen-bond donors (Lipinski definition) is 2. The molecule has 0 bridgehead atoms. The summed E-state index contributed by atoms with van der Waals surface area (Å²) in [6.45, 7) is 2.23. The molecule has 0 unspecified atom stereocenters. The van der Waals surface area contributed by atoms with E-state index in [2.05, 4.69) is 35.6 Å². The quantitative estimate of drug-likeness (QED) is 0.842. The minimum atomic E-state index is -0.207. The number of nitrogens with zero attached hydrogens (tertiary/aromatic N) is 1. The van der Waals surface area contributed by atoms with Crippen molar-refractivity contribution in [1.82, 2.24) is 10.2 Å². The zero-order valence-corrected chi connectivity index (χ0v) is 14.5. The fourth-order valence-electron chi connectivity index (χ4n) is 4.15. The number of aliphatic hydroxyl groups excluding tert-OH is 1. The standard InChI is InChI=1S/C20H30N2O2/c23-16-20(10-4-5-11-20)21-15-19(24)22-12-8-18(9-13-22)14-17-6-2-1-3-7-17/h1-3,6-7,18,21,23H,4-5,8-16H2. The molecule has 2 N–H and O–H groups in total. The highest BCUT2D eigenvalue weighted by Crippen LogP contribution is 2.29. The lowest BCUT2D eigenvalue weighted by molar-refractivity contribution is -0.132. The van der Waals surface area contributed by atoms with Gasteiger partial charge in [0.15, 0.2) is 0 Å². The summed E-state index contributed by atoms with van der Waals surface area (Å²) < 4.78 is 0. The summed E-state index contributed by atoms with van der Waals surface area (Å²) in [7, 11) is 0. The monoisotopic (exact) mass is 330 g/mol. The molecular weight excluding hydrogens is 300 g/mol. The molecular formula is C20H30N2O2. The smallest absolute Gasteiger partial charge is 0.236 e. The molecule has 3 rings (SSSR count). The van der Waals surface area contributed by atoms with Crippen molar-refractivity contribution in [3.63, 3.8) is 0 Å². The fraction of sp³-hybridized carbons (Fsp3) is 0.650. The average molecular weight is 330 g/mol. The third kappa shape index (κ3) is 4.37. The van der Waals surface area contributed by atoms with Gasteiger partial charge in [0.05, 0.1) is 13.2 Å². The fourth-order valence-corrected chi connectivity index (χ4v) is 4.15. The summed E-state index contributed by atoms with van der Waals surface area (Å²) >= 11 is 0. The van der Waals surface area contributed by atoms with Gasteiger partial charge in [-0.15, -0.1) is 0 Å². The maximum atomic E-state index is 12.5. The Kier molecular flexibility index (Phi) is 5.90. The molecule has 1 aromatic carbocycles. The van der Waals surface area contributed by atoms with Gasteiger partial charge in [-0.05, 0) is 43.6 Å². The van der Waals surface area contributed by atoms with Crippen LogP contribution in [0.2, 0.25) is 0 Å². The second kappa shape index (κ2) is 8.13. The number of nitrogens with one attached hydrogen (secondary N) is 1. The van der Waals surface area contributed by atoms with Gasteiger partial charge < -0.3 is 15.3 Å². The SMILES string of the molecule is O=C(CNC1(CO)CCCC1)N1CCC(Cc2ccccc2)CC1. The van der Waals surface area contributed by atoms with E-state index < -0.39 is 0 Å². The highest BCUT2D eigenvalue weighted by Gasteiger charge is 2.33. The van der Waals surface area contributed by atoms with E-state index in [0.29, 0.717) is 12.5 Å². The van der Waals surface area contributed by atoms with E-state index in [0.717, 1.165) is 58.0 Å². The van der Waals surface area contributed by atoms with Crippen molar-refractivity contribution in [3.05, 3.63) is 35.9 Å². The Hall–Kier alpha value is -1.39. The lowest BCUT2D eigenvalue weighted by atomic mass is 9.90. The molecule has 4 nitrogen and oxygen atoms in total. The maximum absolute atomic E-state index is 12.5. The van der Waals surface area contributed by atoms with Crippen LogP contribution in [-0.4, -0.2) is 47.7 Å². The first-order valence-corrected chi connectivity index (χ1v) is 9.38. The zero-order chi connectivity index (χ0) is 16.8. The van der Waals surface area contributed by atoms with E-state index in [1.807, 2.05) is 4.90 Å². The summed E-state index contributed by atoms with van der Waals surface area (Å²) in [6, 6.07) is 10.6. The number of rotatable bonds is 6. The van der Waals surface area contributed by atoms with E-state index in [1.54, 1.807) is 0 Å². The van der Waals surface area contributed by atoms with Gasteiger partial charge in [0.25, 0.3) is 0 Å². The Bertz CT molecular complexity index is 518. The molecule has 1 amide bonds. The average Bonchev–Trinajstić information content (AvgIpc) is 3.11. The number of amides is 1. The topological polar surface area (TPSA) is 52.6 Å². The summed E-state index contributed by atoms with van der Waals surface area (Å²) in [5.41, 5.74) is 1.19. The molecule has 1 saturated heterocycles. The van der Waals surface area contributed by atoms with Crippen LogP contribution in [0.3, 0.4) is 0 Å². The summed E-state index contributed by atoms with van der Waals surface area (Å²) in [4.78, 5) is 14.5. The van der Waals surface area contributed by atoms with E-state index in [9.17, 15) is 9.90 Å². The molecule has 1 aliphatic heterocycles. The van der Waals surface area contributed by atoms with Crippen molar-refractivity contribution >= 4 is 5.91 Å². The third-order valence-corrected chi connectivity index (χ3v) is 5.81. The Morgan fingerprint density at radius 1 is 1.17 bits per heavy atom. The van der Waals surface area contributed by atoms with Crippen molar-refractivity contribution in [2.75, 3.05) is 26.2 Å². The number of piperidine rings is 1. The third-order valence-electron chi connectivity index (χ3n) is 5.81. The largest absolute Gasteiger partial charge is 0.394 e. The van der Waals surface area contributed by atoms with Gasteiger partial charge in [-0.25, -0.2) is 0 Å². The van der Waals surface area contributed by atoms with Crippen LogP contribution in [0.5, 0.6) is 0 Å². The van der Waals surface area contributed by atoms with Crippen molar-refractivity contribution < 1.29 is 9.90 Å². The molecule has 24 heavy (non-hydrogen) atoms. The first-order valence-electron chi connectivity index (χ1n) is 9.38. The van der Waals surface area contributed by atoms with E-state index >= 15 is 0 Å². The first kappa shape index (κ1) is 17.4. The van der Waals surface area contributed by atoms with Crippen molar-refractivity contribution in [2.24, 2.45) is 5.92 Å². The van der Waals surface area contributed by atoms with Crippen molar-refractivity contribution in [3.8, 4) is 0 Å². The molecule has 132 valence electrons. The molecule has 2 fully saturated rings. The van der Waals surface area contributed by atoms with Gasteiger partial charge in [0.2, 0.25) is 5.91 Å². The minimum absolute atomic E-state index is 0.138. The Morgan fingerprint density at radius 3 is 2.46 bits per heavy atom. The second-order valence-corrected chi connectivity index (χ2v) is 7.51. The second-order valence-electron chi connectivity index (χ2n) is 7.51. The van der Waals surface area contributed by atoms with Crippen LogP contribution in [0.25, 0.3) is 0 Å². The molecule has 0 radical (unpaired) electrons. The molecule has 1 saturated carbocycles. The number of carbonyl (C=O) groups excluding carboxylic acids is 1. The van der Waals surface area contributed by atoms with Crippen LogP contribution in [0.15, 0.2) is 30.3 Å². The van der Waals surface area contributed by atoms with Crippen LogP contribution in [0, 0.1) is 5.92 Å². The van der Waals surface area contributed by atoms with E-state index in [1.165, 1.54) is 5.56 Å². The number of aliphatic hydroxyl groups is 1. The van der Waals surface area contributed by atoms with Crippen LogP contribution in [0.1, 0.15) is 44.1 Å². The molecule has 1 heterocycles. The van der Waals surface area contributed by atoms with Crippen LogP contribution < -0.4 is 5.32 Å². The molecule has 4 heteroatoms. The van der Waals surface area contributed by atoms with E-state index in [4.69, 9.17) is 0 Å². The van der Waals surface area contributed by atoms with Gasteiger partial charge in [-0.2, -0.15) is 0 Å². The summed E-state index contributed by atoms with van der Waals surface area (Å²) in [5, 5.41) is 13.0. The number of likely N-dealkylation sites (tertiary alicyclic amines) is 1. The molecule has 0 spiro atoms. The van der Waals surface area contributed by atoms with Crippen LogP contribution in [-0.2, 0) is 11.2 Å². The Labute approximate surface area is 145 Å². The first-order chi connectivity index (χ1) is 11.7. The van der Waals surface area contributed by atoms with E-state index in [-0.39, 0.29) is 18.1 Å². The zero-order valence-electron chi connectivity index (χ0n) is 14.5. The van der Waals surface area contributed by atoms with Crippen LogP contribution in [0.4, 0.5) is 0 Å². The Balaban J connectivity index is 1.42. The molecule has 2 aliphatic rings. The number of benzene rings is 1. The van der Waals surface area contributed by atoms with Crippen molar-refractivity contribution in [2.45, 2.75) is 50.5 Å².